The van der Waals surface area contributed by atoms with E-state index in [0.717, 1.165) is 10.9 Å². The van der Waals surface area contributed by atoms with Crippen LogP contribution in [0.2, 0.25) is 0 Å². The molecule has 0 aliphatic carbocycles. The van der Waals surface area contributed by atoms with Crippen LogP contribution in [0.15, 0.2) is 36.5 Å². The van der Waals surface area contributed by atoms with Crippen molar-refractivity contribution in [1.82, 2.24) is 10.3 Å². The summed E-state index contributed by atoms with van der Waals surface area (Å²) in [5.74, 6) is -0.954. The van der Waals surface area contributed by atoms with E-state index in [9.17, 15) is 9.59 Å². The summed E-state index contributed by atoms with van der Waals surface area (Å²) >= 11 is 0. The number of carbonyl (C=O) groups is 2. The van der Waals surface area contributed by atoms with E-state index in [2.05, 4.69) is 10.3 Å². The van der Waals surface area contributed by atoms with Crippen molar-refractivity contribution < 1.29 is 14.7 Å². The van der Waals surface area contributed by atoms with E-state index in [1.54, 1.807) is 18.3 Å². The maximum absolute atomic E-state index is 11.9. The Morgan fingerprint density at radius 3 is 2.85 bits per heavy atom. The summed E-state index contributed by atoms with van der Waals surface area (Å²) in [5.41, 5.74) is 1.44. The van der Waals surface area contributed by atoms with Gasteiger partial charge in [0, 0.05) is 30.1 Å². The number of unbranched alkanes of at least 4 members (excludes halogenated alkanes) is 1. The smallest absolute Gasteiger partial charge is 0.303 e. The molecule has 0 unspecified atom stereocenters. The van der Waals surface area contributed by atoms with Gasteiger partial charge in [0.1, 0.15) is 0 Å². The van der Waals surface area contributed by atoms with E-state index in [1.807, 2.05) is 18.2 Å². The first-order chi connectivity index (χ1) is 9.66. The van der Waals surface area contributed by atoms with Crippen LogP contribution in [0, 0.1) is 0 Å². The maximum Gasteiger partial charge on any atom is 0.303 e. The van der Waals surface area contributed by atoms with Crippen molar-refractivity contribution >= 4 is 22.8 Å². The highest BCUT2D eigenvalue weighted by Crippen LogP contribution is 2.13. The lowest BCUT2D eigenvalue weighted by molar-refractivity contribution is -0.137. The third kappa shape index (κ3) is 3.78. The normalized spacial score (nSPS) is 10.4. The molecule has 104 valence electrons. The molecule has 0 aliphatic heterocycles. The highest BCUT2D eigenvalue weighted by atomic mass is 16.4. The Morgan fingerprint density at radius 1 is 1.20 bits per heavy atom. The number of carboxylic acids is 1. The molecule has 0 fully saturated rings. The number of aromatic nitrogens is 1. The molecule has 20 heavy (non-hydrogen) atoms. The fourth-order valence-electron chi connectivity index (χ4n) is 1.92. The standard InChI is InChI=1S/C15H16N2O3/c18-14(19)5-1-2-8-17-15(20)12-6-7-13-11(10-12)4-3-9-16-13/h3-4,6-7,9-10H,1-2,5,8H2,(H,17,20)(H,18,19). The molecular formula is C15H16N2O3. The van der Waals surface area contributed by atoms with Crippen LogP contribution in [-0.4, -0.2) is 28.5 Å². The quantitative estimate of drug-likeness (QED) is 0.790. The highest BCUT2D eigenvalue weighted by Gasteiger charge is 2.06. The molecule has 0 radical (unpaired) electrons. The fraction of sp³-hybridized carbons (Fsp3) is 0.267. The van der Waals surface area contributed by atoms with E-state index in [-0.39, 0.29) is 12.3 Å². The molecule has 0 saturated carbocycles. The molecule has 1 amide bonds. The first-order valence-corrected chi connectivity index (χ1v) is 6.51. The second kappa shape index (κ2) is 6.65. The van der Waals surface area contributed by atoms with Crippen LogP contribution in [0.25, 0.3) is 10.9 Å². The predicted molar refractivity (Wildman–Crippen MR) is 75.6 cm³/mol. The number of pyridine rings is 1. The van der Waals surface area contributed by atoms with Gasteiger partial charge in [-0.1, -0.05) is 6.07 Å². The van der Waals surface area contributed by atoms with Crippen molar-refractivity contribution in [1.29, 1.82) is 0 Å². The van der Waals surface area contributed by atoms with Crippen molar-refractivity contribution in [3.63, 3.8) is 0 Å². The Labute approximate surface area is 116 Å². The summed E-state index contributed by atoms with van der Waals surface area (Å²) in [6.45, 7) is 0.483. The topological polar surface area (TPSA) is 79.3 Å². The summed E-state index contributed by atoms with van der Waals surface area (Å²) in [6.07, 6.45) is 3.08. The number of rotatable bonds is 6. The van der Waals surface area contributed by atoms with E-state index in [1.165, 1.54) is 0 Å². The third-order valence-corrected chi connectivity index (χ3v) is 2.97. The minimum atomic E-state index is -0.807. The lowest BCUT2D eigenvalue weighted by Crippen LogP contribution is -2.24. The Bertz CT molecular complexity index is 625. The summed E-state index contributed by atoms with van der Waals surface area (Å²) in [5, 5.41) is 12.2. The number of nitrogens with one attached hydrogen (secondary N) is 1. The van der Waals surface area contributed by atoms with Gasteiger partial charge in [0.05, 0.1) is 5.52 Å². The average Bonchev–Trinajstić information content (AvgIpc) is 2.46. The summed E-state index contributed by atoms with van der Waals surface area (Å²) in [4.78, 5) is 26.5. The zero-order valence-corrected chi connectivity index (χ0v) is 11.0. The average molecular weight is 272 g/mol. The van der Waals surface area contributed by atoms with Crippen molar-refractivity contribution in [2.24, 2.45) is 0 Å². The largest absolute Gasteiger partial charge is 0.481 e. The first-order valence-electron chi connectivity index (χ1n) is 6.51. The molecule has 0 bridgehead atoms. The van der Waals surface area contributed by atoms with Gasteiger partial charge in [-0.2, -0.15) is 0 Å². The SMILES string of the molecule is O=C(O)CCCCNC(=O)c1ccc2ncccc2c1. The molecule has 2 N–H and O–H groups in total. The van der Waals surface area contributed by atoms with Crippen LogP contribution in [0.4, 0.5) is 0 Å². The van der Waals surface area contributed by atoms with E-state index < -0.39 is 5.97 Å². The van der Waals surface area contributed by atoms with Gasteiger partial charge in [0.2, 0.25) is 0 Å². The predicted octanol–water partition coefficient (Wildman–Crippen LogP) is 2.22. The number of nitrogens with zero attached hydrogens (tertiary/aromatic N) is 1. The third-order valence-electron chi connectivity index (χ3n) is 2.97. The minimum Gasteiger partial charge on any atom is -0.481 e. The number of aliphatic carboxylic acids is 1. The van der Waals surface area contributed by atoms with Gasteiger partial charge in [0.25, 0.3) is 5.91 Å². The van der Waals surface area contributed by atoms with Crippen molar-refractivity contribution in [3.05, 3.63) is 42.1 Å². The Balaban J connectivity index is 1.89. The molecule has 0 atom stereocenters. The zero-order valence-electron chi connectivity index (χ0n) is 11.0. The van der Waals surface area contributed by atoms with Gasteiger partial charge < -0.3 is 10.4 Å². The zero-order chi connectivity index (χ0) is 14.4. The molecule has 0 spiro atoms. The van der Waals surface area contributed by atoms with Gasteiger partial charge >= 0.3 is 5.97 Å². The van der Waals surface area contributed by atoms with Crippen LogP contribution in [0.5, 0.6) is 0 Å². The lowest BCUT2D eigenvalue weighted by atomic mass is 10.1. The second-order valence-corrected chi connectivity index (χ2v) is 4.52. The van der Waals surface area contributed by atoms with Gasteiger partial charge in [-0.05, 0) is 37.1 Å². The van der Waals surface area contributed by atoms with Crippen LogP contribution >= 0.6 is 0 Å². The Morgan fingerprint density at radius 2 is 2.05 bits per heavy atom. The monoisotopic (exact) mass is 272 g/mol. The summed E-state index contributed by atoms with van der Waals surface area (Å²) in [6, 6.07) is 9.09. The number of carbonyl (C=O) groups excluding carboxylic acids is 1. The first kappa shape index (κ1) is 14.0. The Hall–Kier alpha value is -2.43. The van der Waals surface area contributed by atoms with E-state index >= 15 is 0 Å². The van der Waals surface area contributed by atoms with Gasteiger partial charge in [0.15, 0.2) is 0 Å². The maximum atomic E-state index is 11.9. The van der Waals surface area contributed by atoms with Gasteiger partial charge in [-0.15, -0.1) is 0 Å². The lowest BCUT2D eigenvalue weighted by Gasteiger charge is -2.05. The molecule has 2 rings (SSSR count). The summed E-state index contributed by atoms with van der Waals surface area (Å²) in [7, 11) is 0. The molecule has 5 heteroatoms. The van der Waals surface area contributed by atoms with Crippen LogP contribution in [0.3, 0.4) is 0 Å². The molecular weight excluding hydrogens is 256 g/mol. The molecule has 0 saturated heterocycles. The number of amides is 1. The van der Waals surface area contributed by atoms with Crippen molar-refractivity contribution in [2.45, 2.75) is 19.3 Å². The molecule has 0 aliphatic rings. The number of benzene rings is 1. The number of hydrogen-bond donors (Lipinski definition) is 2. The molecule has 1 heterocycles. The minimum absolute atomic E-state index is 0.136. The number of hydrogen-bond acceptors (Lipinski definition) is 3. The summed E-state index contributed by atoms with van der Waals surface area (Å²) < 4.78 is 0. The van der Waals surface area contributed by atoms with E-state index in [0.29, 0.717) is 24.9 Å². The molecule has 1 aromatic heterocycles. The molecule has 2 aromatic rings. The van der Waals surface area contributed by atoms with Crippen LogP contribution in [0.1, 0.15) is 29.6 Å². The highest BCUT2D eigenvalue weighted by molar-refractivity contribution is 5.97. The second-order valence-electron chi connectivity index (χ2n) is 4.52. The Kier molecular flexibility index (Phi) is 4.65. The number of carboxylic acid groups (broad SMARTS) is 1. The van der Waals surface area contributed by atoms with Crippen LogP contribution in [-0.2, 0) is 4.79 Å². The van der Waals surface area contributed by atoms with Gasteiger partial charge in [-0.25, -0.2) is 0 Å². The van der Waals surface area contributed by atoms with E-state index in [4.69, 9.17) is 5.11 Å². The fourth-order valence-corrected chi connectivity index (χ4v) is 1.92. The van der Waals surface area contributed by atoms with Crippen LogP contribution < -0.4 is 5.32 Å². The molecule has 5 nitrogen and oxygen atoms in total. The number of fused-ring (bicyclic) bond motifs is 1. The molecule has 1 aromatic carbocycles. The van der Waals surface area contributed by atoms with Gasteiger partial charge in [-0.3, -0.25) is 14.6 Å². The van der Waals surface area contributed by atoms with Crippen molar-refractivity contribution in [3.8, 4) is 0 Å². The van der Waals surface area contributed by atoms with Crippen molar-refractivity contribution in [2.75, 3.05) is 6.54 Å².